The monoisotopic (exact) mass is 632 g/mol. The second-order valence-corrected chi connectivity index (χ2v) is 9.11. The Morgan fingerprint density at radius 1 is 1.25 bits per heavy atom. The van der Waals surface area contributed by atoms with Crippen LogP contribution in [-0.2, 0) is 30.1 Å². The zero-order valence-corrected chi connectivity index (χ0v) is 22.4. The molecular formula is C25H29ClN2O3Os. The summed E-state index contributed by atoms with van der Waals surface area (Å²) < 4.78 is 11.9. The van der Waals surface area contributed by atoms with E-state index in [0.29, 0.717) is 30.3 Å². The Labute approximate surface area is 209 Å². The van der Waals surface area contributed by atoms with Crippen LogP contribution in [0.4, 0.5) is 4.79 Å². The number of nitrogens with zero attached hydrogens (tertiary/aromatic N) is 2. The molecular weight excluding hydrogens is 602 g/mol. The third-order valence-electron chi connectivity index (χ3n) is 5.13. The van der Waals surface area contributed by atoms with E-state index >= 15 is 0 Å². The molecule has 0 saturated carbocycles. The van der Waals surface area contributed by atoms with Gasteiger partial charge in [0.25, 0.3) is 0 Å². The van der Waals surface area contributed by atoms with Crippen molar-refractivity contribution in [2.24, 2.45) is 0 Å². The van der Waals surface area contributed by atoms with Gasteiger partial charge in [-0.1, -0.05) is 28.8 Å². The average molecular weight is 631 g/mol. The van der Waals surface area contributed by atoms with E-state index in [4.69, 9.17) is 21.1 Å². The third kappa shape index (κ3) is 6.56. The summed E-state index contributed by atoms with van der Waals surface area (Å²) in [5.74, 6) is 0.650. The van der Waals surface area contributed by atoms with Gasteiger partial charge in [-0.25, -0.2) is 4.79 Å². The number of ether oxygens (including phenoxy) is 2. The van der Waals surface area contributed by atoms with Crippen LogP contribution in [0.5, 0.6) is 5.75 Å². The van der Waals surface area contributed by atoms with Crippen LogP contribution in [0.2, 0.25) is 5.02 Å². The summed E-state index contributed by atoms with van der Waals surface area (Å²) in [6, 6.07) is 12.7. The summed E-state index contributed by atoms with van der Waals surface area (Å²) in [7, 11) is 0. The van der Waals surface area contributed by atoms with E-state index in [2.05, 4.69) is 17.1 Å². The fraction of sp³-hybridized carbons (Fsp3) is 0.400. The van der Waals surface area contributed by atoms with Crippen LogP contribution in [0, 0.1) is 12.5 Å². The van der Waals surface area contributed by atoms with E-state index in [9.17, 15) is 4.79 Å². The second-order valence-electron chi connectivity index (χ2n) is 8.68. The molecule has 1 aromatic heterocycles. The van der Waals surface area contributed by atoms with Gasteiger partial charge in [-0.05, 0) is 46.2 Å². The fourth-order valence-electron chi connectivity index (χ4n) is 3.31. The van der Waals surface area contributed by atoms with Gasteiger partial charge in [0.05, 0.1) is 10.7 Å². The number of para-hydroxylation sites is 1. The first-order valence-electron chi connectivity index (χ1n) is 10.4. The molecule has 1 aromatic carbocycles. The Hall–Kier alpha value is -1.89. The number of rotatable bonds is 5. The van der Waals surface area contributed by atoms with Crippen molar-refractivity contribution in [3.05, 3.63) is 71.4 Å². The molecule has 32 heavy (non-hydrogen) atoms. The Balaban J connectivity index is 0.00000363. The smallest absolute Gasteiger partial charge is 0.538 e. The Morgan fingerprint density at radius 3 is 2.56 bits per heavy atom. The molecule has 3 rings (SSSR count). The summed E-state index contributed by atoms with van der Waals surface area (Å²) in [5.41, 5.74) is 1.60. The number of hydrogen-bond donors (Lipinski definition) is 0. The van der Waals surface area contributed by atoms with Crippen molar-refractivity contribution < 1.29 is 34.1 Å². The molecule has 1 amide bonds. The van der Waals surface area contributed by atoms with Gasteiger partial charge in [0, 0.05) is 30.6 Å². The Morgan fingerprint density at radius 2 is 2.00 bits per heavy atom. The number of halogens is 1. The third-order valence-corrected chi connectivity index (χ3v) is 5.35. The molecule has 5 nitrogen and oxygen atoms in total. The molecule has 0 saturated heterocycles. The van der Waals surface area contributed by atoms with Gasteiger partial charge >= 0.3 is 25.9 Å². The normalized spacial score (nSPS) is 15.8. The van der Waals surface area contributed by atoms with Gasteiger partial charge in [0.1, 0.15) is 5.60 Å². The van der Waals surface area contributed by atoms with Gasteiger partial charge in [-0.15, -0.1) is 6.07 Å². The minimum Gasteiger partial charge on any atom is -0.538 e. The Kier molecular flexibility index (Phi) is 8.91. The molecule has 172 valence electrons. The molecule has 0 N–H and O–H groups in total. The van der Waals surface area contributed by atoms with Crippen molar-refractivity contribution in [3.8, 4) is 5.75 Å². The van der Waals surface area contributed by atoms with E-state index in [1.807, 2.05) is 65.3 Å². The topological polar surface area (TPSA) is 51.7 Å². The van der Waals surface area contributed by atoms with E-state index in [-0.39, 0.29) is 25.9 Å². The molecule has 0 fully saturated rings. The summed E-state index contributed by atoms with van der Waals surface area (Å²) in [5, 5.41) is 0.580. The molecule has 2 heterocycles. The minimum atomic E-state index is -0.741. The van der Waals surface area contributed by atoms with E-state index in [0.717, 1.165) is 16.8 Å². The molecule has 1 aliphatic heterocycles. The van der Waals surface area contributed by atoms with Gasteiger partial charge in [-0.3, -0.25) is 11.4 Å². The van der Waals surface area contributed by atoms with Gasteiger partial charge < -0.3 is 14.4 Å². The zero-order valence-electron chi connectivity index (χ0n) is 19.1. The van der Waals surface area contributed by atoms with Crippen LogP contribution in [0.25, 0.3) is 5.57 Å². The van der Waals surface area contributed by atoms with E-state index in [1.54, 1.807) is 17.2 Å². The molecule has 7 heteroatoms. The first-order chi connectivity index (χ1) is 14.6. The van der Waals surface area contributed by atoms with Crippen LogP contribution in [0.1, 0.15) is 52.3 Å². The predicted octanol–water partition coefficient (Wildman–Crippen LogP) is 6.08. The molecule has 0 unspecified atom stereocenters. The molecule has 2 aromatic rings. The minimum absolute atomic E-state index is 0. The number of carbonyl (C=O) groups is 1. The van der Waals surface area contributed by atoms with Crippen LogP contribution in [0.15, 0.2) is 42.6 Å². The van der Waals surface area contributed by atoms with Crippen LogP contribution >= 0.6 is 11.6 Å². The standard InChI is InChI=1S/C25H29ClN2O3.Os/c1-6-25(5,22-12-11-19(26)17-27-22)30-21-10-8-7-9-20(21)18-13-15-28(16-14-18)23(29)31-24(2,3)4;/h6-9,11-13,17H,14-16H2,1-5H3;/q-2;+2/t25-;/m1./s1. The number of benzene rings is 1. The zero-order chi connectivity index (χ0) is 22.6. The van der Waals surface area contributed by atoms with Crippen LogP contribution in [0.3, 0.4) is 0 Å². The molecule has 1 atom stereocenters. The number of aromatic nitrogens is 1. The van der Waals surface area contributed by atoms with Crippen molar-refractivity contribution >= 4 is 23.3 Å². The van der Waals surface area contributed by atoms with E-state index in [1.165, 1.54) is 0 Å². The van der Waals surface area contributed by atoms with E-state index < -0.39 is 11.2 Å². The van der Waals surface area contributed by atoms with Gasteiger partial charge in [0.15, 0.2) is 0 Å². The number of carbonyl (C=O) groups excluding carboxylic acids is 1. The summed E-state index contributed by atoms with van der Waals surface area (Å²) in [6.45, 7) is 10.6. The summed E-state index contributed by atoms with van der Waals surface area (Å²) in [4.78, 5) is 18.5. The van der Waals surface area contributed by atoms with Crippen molar-refractivity contribution in [2.75, 3.05) is 13.1 Å². The molecule has 0 spiro atoms. The fourth-order valence-corrected chi connectivity index (χ4v) is 3.42. The Bertz CT molecular complexity index is 956. The largest absolute Gasteiger partial charge is 2.00 e. The second kappa shape index (κ2) is 10.8. The van der Waals surface area contributed by atoms with Crippen molar-refractivity contribution in [1.82, 2.24) is 9.88 Å². The summed E-state index contributed by atoms with van der Waals surface area (Å²) >= 11 is 6.00. The van der Waals surface area contributed by atoms with Gasteiger partial charge in [-0.2, -0.15) is 25.1 Å². The average Bonchev–Trinajstić information content (AvgIpc) is 2.73. The number of amides is 1. The molecule has 1 aliphatic rings. The maximum absolute atomic E-state index is 12.4. The number of pyridine rings is 1. The van der Waals surface area contributed by atoms with Crippen LogP contribution < -0.4 is 4.74 Å². The summed E-state index contributed by atoms with van der Waals surface area (Å²) in [6.07, 6.45) is 6.05. The van der Waals surface area contributed by atoms with Crippen molar-refractivity contribution in [2.45, 2.75) is 52.2 Å². The van der Waals surface area contributed by atoms with Gasteiger partial charge in [0.2, 0.25) is 0 Å². The van der Waals surface area contributed by atoms with Crippen LogP contribution in [-0.4, -0.2) is 34.7 Å². The SMILES string of the molecule is C[CH-][C@@](C)(Oc1[c-]cccc1C1=CCN(C(=O)OC(C)(C)C)CC1)c1ccc(Cl)cn1.[Os+2]. The maximum Gasteiger partial charge on any atom is 2.00 e. The molecule has 0 aliphatic carbocycles. The predicted molar refractivity (Wildman–Crippen MR) is 123 cm³/mol. The molecule has 0 bridgehead atoms. The first-order valence-corrected chi connectivity index (χ1v) is 10.8. The first kappa shape index (κ1) is 26.4. The van der Waals surface area contributed by atoms with Crippen molar-refractivity contribution in [1.29, 1.82) is 0 Å². The maximum atomic E-state index is 12.4. The van der Waals surface area contributed by atoms with Crippen molar-refractivity contribution in [3.63, 3.8) is 0 Å². The number of hydrogen-bond acceptors (Lipinski definition) is 4. The quantitative estimate of drug-likeness (QED) is 0.376. The molecule has 0 radical (unpaired) electrons.